The lowest BCUT2D eigenvalue weighted by atomic mass is 9.97. The Hall–Kier alpha value is -7.78. The summed E-state index contributed by atoms with van der Waals surface area (Å²) in [6.07, 6.45) is 1.28. The van der Waals surface area contributed by atoms with E-state index in [0.29, 0.717) is 12.0 Å². The Morgan fingerprint density at radius 3 is 1.16 bits per heavy atom. The number of aromatic hydroxyl groups is 1. The Morgan fingerprint density at radius 1 is 0.442 bits per heavy atom. The second-order valence-corrected chi connectivity index (χ2v) is 24.3. The third-order valence-corrected chi connectivity index (χ3v) is 13.3. The number of nitrogens with two attached hydrogens (primary N) is 5. The van der Waals surface area contributed by atoms with Gasteiger partial charge in [0.05, 0.1) is 12.6 Å². The molecule has 1 aromatic rings. The van der Waals surface area contributed by atoms with Crippen LogP contribution in [0.4, 0.5) is 0 Å². The molecule has 21 N–H and O–H groups in total. The van der Waals surface area contributed by atoms with Gasteiger partial charge in [-0.25, -0.2) is 4.79 Å². The topological polar surface area (TPSA) is 474 Å². The van der Waals surface area contributed by atoms with Crippen molar-refractivity contribution in [2.75, 3.05) is 19.6 Å². The minimum absolute atomic E-state index is 0.0212. The molecular formula is C58H102N16O12. The summed E-state index contributed by atoms with van der Waals surface area (Å²) in [4.78, 5) is 145. The van der Waals surface area contributed by atoms with E-state index in [0.717, 1.165) is 0 Å². The van der Waals surface area contributed by atoms with E-state index in [1.807, 2.05) is 69.2 Å². The van der Waals surface area contributed by atoms with Crippen molar-refractivity contribution in [2.45, 2.75) is 202 Å². The Bertz CT molecular complexity index is 2430. The molecule has 9 amide bonds. The lowest BCUT2D eigenvalue weighted by Crippen LogP contribution is -2.61. The van der Waals surface area contributed by atoms with Gasteiger partial charge in [0.1, 0.15) is 54.1 Å². The van der Waals surface area contributed by atoms with Crippen molar-refractivity contribution >= 4 is 71.1 Å². The molecular weight excluding hydrogens is 1110 g/mol. The number of rotatable bonds is 40. The second-order valence-electron chi connectivity index (χ2n) is 24.3. The van der Waals surface area contributed by atoms with Crippen molar-refractivity contribution in [2.24, 2.45) is 74.2 Å². The zero-order valence-corrected chi connectivity index (χ0v) is 52.4. The molecule has 486 valence electrons. The lowest BCUT2D eigenvalue weighted by Gasteiger charge is -2.30. The number of nitrogens with one attached hydrogen (secondary N) is 9. The Labute approximate surface area is 506 Å². The fourth-order valence-corrected chi connectivity index (χ4v) is 8.96. The van der Waals surface area contributed by atoms with Gasteiger partial charge in [-0.05, 0) is 111 Å². The zero-order chi connectivity index (χ0) is 65.5. The van der Waals surface area contributed by atoms with Crippen molar-refractivity contribution in [1.29, 1.82) is 0 Å². The summed E-state index contributed by atoms with van der Waals surface area (Å²) in [5, 5.41) is 43.5. The van der Waals surface area contributed by atoms with E-state index in [1.54, 1.807) is 13.8 Å². The molecule has 0 aliphatic rings. The number of nitrogens with zero attached hydrogens (tertiary/aromatic N) is 2. The molecule has 0 heterocycles. The molecule has 0 fully saturated rings. The van der Waals surface area contributed by atoms with E-state index < -0.39 is 126 Å². The first kappa shape index (κ1) is 76.2. The highest BCUT2D eigenvalue weighted by molar-refractivity contribution is 5.98. The van der Waals surface area contributed by atoms with E-state index in [-0.39, 0.29) is 118 Å². The van der Waals surface area contributed by atoms with Crippen molar-refractivity contribution < 1.29 is 58.2 Å². The van der Waals surface area contributed by atoms with Crippen LogP contribution in [0.15, 0.2) is 34.3 Å². The minimum Gasteiger partial charge on any atom is -0.508 e. The molecule has 86 heavy (non-hydrogen) atoms. The van der Waals surface area contributed by atoms with Crippen LogP contribution in [0.2, 0.25) is 0 Å². The smallest absolute Gasteiger partial charge is 0.326 e. The fraction of sp³-hybridized carbons (Fsp3) is 0.690. The summed E-state index contributed by atoms with van der Waals surface area (Å²) in [6.45, 7) is 21.3. The molecule has 1 rings (SSSR count). The van der Waals surface area contributed by atoms with Gasteiger partial charge in [-0.3, -0.25) is 53.1 Å². The highest BCUT2D eigenvalue weighted by Gasteiger charge is 2.36. The van der Waals surface area contributed by atoms with Crippen LogP contribution in [-0.2, 0) is 54.4 Å². The first-order valence-electron chi connectivity index (χ1n) is 29.7. The number of carbonyl (C=O) groups is 10. The Morgan fingerprint density at radius 2 is 0.791 bits per heavy atom. The number of aliphatic imine (C=N–C) groups is 2. The summed E-state index contributed by atoms with van der Waals surface area (Å²) < 4.78 is 0. The van der Waals surface area contributed by atoms with E-state index >= 15 is 0 Å². The normalized spacial score (nSPS) is 14.5. The Balaban J connectivity index is 3.45. The third kappa shape index (κ3) is 31.4. The number of aliphatic carboxylic acids is 1. The molecule has 9 atom stereocenters. The predicted octanol–water partition coefficient (Wildman–Crippen LogP) is -0.665. The van der Waals surface area contributed by atoms with E-state index in [1.165, 1.54) is 24.3 Å². The fourth-order valence-electron chi connectivity index (χ4n) is 8.96. The SMILES string of the molecule is CC(C)C[C@H](NC(=O)[C@H](CC(C)C)NC(=O)[C@H](CC(C)C)NC(=O)[C@H](CCCN=C(N)N)NC(=O)[C@@H](NC(=O)[C@H](CC(C)C)NC(=O)[C@H](CC(C)C)NC(=O)[C@@H](N)CCCN=C(N)N)C(C)C)C(=O)NCC(=O)N[C@@H](Cc1ccc(O)cc1)C(=O)O. The van der Waals surface area contributed by atoms with E-state index in [2.05, 4.69) is 57.8 Å². The first-order chi connectivity index (χ1) is 40.1. The molecule has 0 aliphatic heterocycles. The number of hydrogen-bond donors (Lipinski definition) is 16. The minimum atomic E-state index is -1.36. The van der Waals surface area contributed by atoms with E-state index in [4.69, 9.17) is 28.7 Å². The Kier molecular flexibility index (Phi) is 34.6. The molecule has 0 bridgehead atoms. The van der Waals surface area contributed by atoms with Crippen LogP contribution in [0.25, 0.3) is 0 Å². The van der Waals surface area contributed by atoms with Gasteiger partial charge >= 0.3 is 5.97 Å². The van der Waals surface area contributed by atoms with Gasteiger partial charge in [0.15, 0.2) is 11.9 Å². The number of phenolic OH excluding ortho intramolecular Hbond substituents is 1. The summed E-state index contributed by atoms with van der Waals surface area (Å²) in [6, 6.07) is -5.10. The van der Waals surface area contributed by atoms with Gasteiger partial charge in [-0.2, -0.15) is 0 Å². The molecule has 0 unspecified atom stereocenters. The highest BCUT2D eigenvalue weighted by Crippen LogP contribution is 2.16. The van der Waals surface area contributed by atoms with Crippen molar-refractivity contribution in [3.05, 3.63) is 29.8 Å². The van der Waals surface area contributed by atoms with Gasteiger partial charge in [0, 0.05) is 19.5 Å². The average molecular weight is 1220 g/mol. The number of guanidine groups is 2. The standard InChI is InChI=1S/C58H102N16O12/c1-30(2)23-40(49(78)66-29-46(76)67-45(56(85)86)28-36-17-19-37(75)20-18-36)70-52(81)43(26-33(7)8)72-53(82)42(25-32(5)6)71-50(79)39(16-14-22-65-58(62)63)68-55(84)47(35(11)12)74-54(83)44(27-34(9)10)73-51(80)41(24-31(3)4)69-48(77)38(59)15-13-21-64-57(60)61/h17-20,30-35,38-45,47,75H,13-16,21-29,59H2,1-12H3,(H,66,78)(H,67,76)(H,68,84)(H,69,77)(H,70,81)(H,71,79)(H,72,82)(H,73,80)(H,74,83)(H,85,86)(H4,60,61,64)(H4,62,63,65)/t38-,39-,40-,41-,42-,43-,44-,45-,47-/m0/s1. The predicted molar refractivity (Wildman–Crippen MR) is 328 cm³/mol. The van der Waals surface area contributed by atoms with Crippen LogP contribution in [-0.4, -0.2) is 155 Å². The van der Waals surface area contributed by atoms with Gasteiger partial charge in [-0.15, -0.1) is 0 Å². The molecule has 0 aromatic heterocycles. The summed E-state index contributed by atoms with van der Waals surface area (Å²) in [5.41, 5.74) is 28.6. The molecule has 0 radical (unpaired) electrons. The number of carboxylic acids is 1. The van der Waals surface area contributed by atoms with Crippen LogP contribution in [0.5, 0.6) is 5.75 Å². The largest absolute Gasteiger partial charge is 0.508 e. The molecule has 28 nitrogen and oxygen atoms in total. The molecule has 0 spiro atoms. The van der Waals surface area contributed by atoms with Crippen LogP contribution >= 0.6 is 0 Å². The van der Waals surface area contributed by atoms with Gasteiger partial charge < -0.3 is 86.7 Å². The second kappa shape index (κ2) is 39.0. The molecule has 0 aliphatic carbocycles. The maximum absolute atomic E-state index is 14.5. The van der Waals surface area contributed by atoms with Crippen LogP contribution in [0.3, 0.4) is 0 Å². The quantitative estimate of drug-likeness (QED) is 0.0220. The number of carbonyl (C=O) groups excluding carboxylic acids is 9. The number of benzene rings is 1. The average Bonchev–Trinajstić information content (AvgIpc) is 2.82. The van der Waals surface area contributed by atoms with E-state index in [9.17, 15) is 58.2 Å². The first-order valence-corrected chi connectivity index (χ1v) is 29.7. The molecule has 1 aromatic carbocycles. The zero-order valence-electron chi connectivity index (χ0n) is 52.4. The van der Waals surface area contributed by atoms with Crippen LogP contribution in [0.1, 0.15) is 146 Å². The maximum Gasteiger partial charge on any atom is 0.326 e. The molecule has 0 saturated carbocycles. The van der Waals surface area contributed by atoms with Gasteiger partial charge in [0.2, 0.25) is 53.2 Å². The van der Waals surface area contributed by atoms with Crippen molar-refractivity contribution in [3.8, 4) is 5.75 Å². The number of hydrogen-bond acceptors (Lipinski definition) is 14. The van der Waals surface area contributed by atoms with Crippen molar-refractivity contribution in [1.82, 2.24) is 47.9 Å². The summed E-state index contributed by atoms with van der Waals surface area (Å²) >= 11 is 0. The third-order valence-electron chi connectivity index (χ3n) is 13.3. The summed E-state index contributed by atoms with van der Waals surface area (Å²) in [5.74, 6) is -9.47. The molecule has 28 heteroatoms. The van der Waals surface area contributed by atoms with Crippen LogP contribution in [0, 0.1) is 35.5 Å². The highest BCUT2D eigenvalue weighted by atomic mass is 16.4. The van der Waals surface area contributed by atoms with Crippen LogP contribution < -0.4 is 76.5 Å². The summed E-state index contributed by atoms with van der Waals surface area (Å²) in [7, 11) is 0. The van der Waals surface area contributed by atoms with Gasteiger partial charge in [-0.1, -0.05) is 95.2 Å². The van der Waals surface area contributed by atoms with Crippen molar-refractivity contribution in [3.63, 3.8) is 0 Å². The maximum atomic E-state index is 14.5. The number of amides is 9. The number of carboxylic acid groups (broad SMARTS) is 1. The lowest BCUT2D eigenvalue weighted by molar-refractivity contribution is -0.141. The van der Waals surface area contributed by atoms with Gasteiger partial charge in [0.25, 0.3) is 0 Å². The monoisotopic (exact) mass is 1210 g/mol. The molecule has 0 saturated heterocycles. The number of phenols is 1.